The van der Waals surface area contributed by atoms with Crippen LogP contribution in [0, 0.1) is 25.7 Å². The first-order valence-corrected chi connectivity index (χ1v) is 12.3. The molecule has 0 spiro atoms. The standard InChI is InChI=1S/C26H34N8O3/c1-7-8-12-33-22-21(20(24(35)30(4)5)23(33)32-11-9-10-18(27)14-32)31(6)26(37)34(25(22)36)15-19-28-16(2)13-17(3)29-19/h13,18H,9-12,14-15,27H2,1-6H3/t18-/m1/s1. The minimum atomic E-state index is -0.548. The van der Waals surface area contributed by atoms with Crippen LogP contribution < -0.4 is 21.9 Å². The van der Waals surface area contributed by atoms with E-state index in [1.807, 2.05) is 24.8 Å². The van der Waals surface area contributed by atoms with Crippen molar-refractivity contribution >= 4 is 22.8 Å². The first-order valence-electron chi connectivity index (χ1n) is 12.3. The smallest absolute Gasteiger partial charge is 0.331 e. The lowest BCUT2D eigenvalue weighted by molar-refractivity contribution is 0.0829. The van der Waals surface area contributed by atoms with Crippen molar-refractivity contribution < 1.29 is 4.79 Å². The van der Waals surface area contributed by atoms with Crippen LogP contribution in [0.3, 0.4) is 0 Å². The molecule has 11 nitrogen and oxygen atoms in total. The average Bonchev–Trinajstić information content (AvgIpc) is 3.18. The van der Waals surface area contributed by atoms with Crippen molar-refractivity contribution in [3.63, 3.8) is 0 Å². The second kappa shape index (κ2) is 10.2. The Labute approximate surface area is 215 Å². The van der Waals surface area contributed by atoms with Crippen LogP contribution >= 0.6 is 0 Å². The second-order valence-electron chi connectivity index (χ2n) is 9.76. The van der Waals surface area contributed by atoms with Gasteiger partial charge in [0.25, 0.3) is 11.5 Å². The summed E-state index contributed by atoms with van der Waals surface area (Å²) in [5.74, 6) is 6.57. The number of amides is 1. The number of aromatic nitrogens is 5. The zero-order valence-electron chi connectivity index (χ0n) is 22.3. The maximum absolute atomic E-state index is 14.0. The van der Waals surface area contributed by atoms with E-state index in [4.69, 9.17) is 5.73 Å². The number of anilines is 1. The van der Waals surface area contributed by atoms with Gasteiger partial charge in [-0.25, -0.2) is 14.8 Å². The van der Waals surface area contributed by atoms with Crippen LogP contribution in [-0.2, 0) is 20.1 Å². The number of fused-ring (bicyclic) bond motifs is 1. The molecule has 1 aliphatic heterocycles. The number of nitrogens with two attached hydrogens (primary N) is 1. The van der Waals surface area contributed by atoms with E-state index < -0.39 is 11.2 Å². The lowest BCUT2D eigenvalue weighted by atomic mass is 10.1. The number of nitrogens with zero attached hydrogens (tertiary/aromatic N) is 7. The summed E-state index contributed by atoms with van der Waals surface area (Å²) in [4.78, 5) is 53.5. The van der Waals surface area contributed by atoms with Crippen LogP contribution in [-0.4, -0.2) is 67.7 Å². The summed E-state index contributed by atoms with van der Waals surface area (Å²) in [6.07, 6.45) is 1.73. The number of rotatable bonds is 5. The Morgan fingerprint density at radius 3 is 2.43 bits per heavy atom. The van der Waals surface area contributed by atoms with E-state index in [-0.39, 0.29) is 30.6 Å². The van der Waals surface area contributed by atoms with Crippen molar-refractivity contribution in [3.8, 4) is 11.8 Å². The lowest BCUT2D eigenvalue weighted by Gasteiger charge is -2.34. The molecule has 196 valence electrons. The summed E-state index contributed by atoms with van der Waals surface area (Å²) in [5.41, 5.74) is 7.57. The fourth-order valence-electron chi connectivity index (χ4n) is 5.04. The Bertz CT molecular complexity index is 1530. The highest BCUT2D eigenvalue weighted by atomic mass is 16.2. The predicted molar refractivity (Wildman–Crippen MR) is 143 cm³/mol. The molecule has 1 saturated heterocycles. The van der Waals surface area contributed by atoms with Gasteiger partial charge in [-0.3, -0.25) is 18.7 Å². The average molecular weight is 507 g/mol. The summed E-state index contributed by atoms with van der Waals surface area (Å²) in [5, 5.41) is 0. The predicted octanol–water partition coefficient (Wildman–Crippen LogP) is 0.609. The van der Waals surface area contributed by atoms with Gasteiger partial charge in [-0.15, -0.1) is 5.92 Å². The van der Waals surface area contributed by atoms with Gasteiger partial charge in [0.1, 0.15) is 22.7 Å². The fourth-order valence-corrected chi connectivity index (χ4v) is 5.04. The largest absolute Gasteiger partial charge is 0.356 e. The zero-order valence-corrected chi connectivity index (χ0v) is 22.3. The molecule has 2 N–H and O–H groups in total. The maximum atomic E-state index is 14.0. The fraction of sp³-hybridized carbons (Fsp3) is 0.500. The molecule has 0 saturated carbocycles. The van der Waals surface area contributed by atoms with Crippen LogP contribution in [0.5, 0.6) is 0 Å². The Hall–Kier alpha value is -3.91. The van der Waals surface area contributed by atoms with Crippen LogP contribution in [0.4, 0.5) is 5.82 Å². The number of carbonyl (C=O) groups is 1. The number of hydrogen-bond donors (Lipinski definition) is 1. The Morgan fingerprint density at radius 1 is 1.16 bits per heavy atom. The number of aryl methyl sites for hydroxylation is 3. The Morgan fingerprint density at radius 2 is 1.84 bits per heavy atom. The van der Waals surface area contributed by atoms with Crippen molar-refractivity contribution in [1.82, 2.24) is 28.6 Å². The number of carbonyl (C=O) groups excluding carboxylic acids is 1. The molecule has 1 atom stereocenters. The molecule has 3 aromatic heterocycles. The van der Waals surface area contributed by atoms with Gasteiger partial charge in [0.15, 0.2) is 0 Å². The molecule has 1 aliphatic rings. The van der Waals surface area contributed by atoms with E-state index in [2.05, 4.69) is 21.8 Å². The van der Waals surface area contributed by atoms with Crippen LogP contribution in [0.15, 0.2) is 15.7 Å². The minimum absolute atomic E-state index is 0.0676. The quantitative estimate of drug-likeness (QED) is 0.503. The van der Waals surface area contributed by atoms with Crippen LogP contribution in [0.1, 0.15) is 47.3 Å². The maximum Gasteiger partial charge on any atom is 0.331 e. The highest BCUT2D eigenvalue weighted by molar-refractivity contribution is 6.10. The number of hydrogen-bond acceptors (Lipinski definition) is 7. The molecule has 11 heteroatoms. The van der Waals surface area contributed by atoms with Crippen molar-refractivity contribution in [2.24, 2.45) is 12.8 Å². The first-order chi connectivity index (χ1) is 17.5. The third kappa shape index (κ3) is 4.76. The molecule has 4 heterocycles. The molecule has 0 unspecified atom stereocenters. The van der Waals surface area contributed by atoms with Gasteiger partial charge in [0.2, 0.25) is 0 Å². The highest BCUT2D eigenvalue weighted by Crippen LogP contribution is 2.33. The molecule has 4 rings (SSSR count). The molecule has 0 bridgehead atoms. The Kier molecular flexibility index (Phi) is 7.23. The van der Waals surface area contributed by atoms with E-state index >= 15 is 0 Å². The molecule has 1 fully saturated rings. The summed E-state index contributed by atoms with van der Waals surface area (Å²) in [6, 6.07) is 1.76. The minimum Gasteiger partial charge on any atom is -0.356 e. The third-order valence-electron chi connectivity index (χ3n) is 6.63. The van der Waals surface area contributed by atoms with E-state index in [9.17, 15) is 14.4 Å². The van der Waals surface area contributed by atoms with Gasteiger partial charge >= 0.3 is 5.69 Å². The van der Waals surface area contributed by atoms with E-state index in [1.54, 1.807) is 32.6 Å². The molecule has 0 aromatic carbocycles. The highest BCUT2D eigenvalue weighted by Gasteiger charge is 2.33. The van der Waals surface area contributed by atoms with Crippen molar-refractivity contribution in [3.05, 3.63) is 49.7 Å². The summed E-state index contributed by atoms with van der Waals surface area (Å²) in [7, 11) is 4.89. The molecule has 3 aromatic rings. The van der Waals surface area contributed by atoms with E-state index in [0.717, 1.165) is 28.8 Å². The summed E-state index contributed by atoms with van der Waals surface area (Å²) in [6.45, 7) is 6.70. The molecular weight excluding hydrogens is 472 g/mol. The van der Waals surface area contributed by atoms with Gasteiger partial charge in [0, 0.05) is 51.7 Å². The van der Waals surface area contributed by atoms with E-state index in [1.165, 1.54) is 9.47 Å². The second-order valence-corrected chi connectivity index (χ2v) is 9.76. The first kappa shape index (κ1) is 26.2. The molecule has 0 radical (unpaired) electrons. The van der Waals surface area contributed by atoms with E-state index in [0.29, 0.717) is 35.8 Å². The van der Waals surface area contributed by atoms with Crippen molar-refractivity contribution in [1.29, 1.82) is 0 Å². The molecule has 1 amide bonds. The van der Waals surface area contributed by atoms with Gasteiger partial charge < -0.3 is 20.1 Å². The Balaban J connectivity index is 2.10. The third-order valence-corrected chi connectivity index (χ3v) is 6.63. The molecule has 37 heavy (non-hydrogen) atoms. The molecular formula is C26H34N8O3. The summed E-state index contributed by atoms with van der Waals surface area (Å²) >= 11 is 0. The van der Waals surface area contributed by atoms with Gasteiger partial charge in [0.05, 0.1) is 18.6 Å². The zero-order chi connectivity index (χ0) is 27.0. The molecule has 0 aliphatic carbocycles. The normalized spacial score (nSPS) is 15.5. The van der Waals surface area contributed by atoms with Gasteiger partial charge in [-0.2, -0.15) is 0 Å². The number of piperidine rings is 1. The van der Waals surface area contributed by atoms with Gasteiger partial charge in [-0.05, 0) is 39.7 Å². The monoisotopic (exact) mass is 506 g/mol. The van der Waals surface area contributed by atoms with Crippen LogP contribution in [0.25, 0.3) is 11.0 Å². The SMILES string of the molecule is CC#CCn1c(N2CCC[C@@H](N)C2)c(C(=O)N(C)C)c2c1c(=O)n(Cc1nc(C)cc(C)n1)c(=O)n2C. The van der Waals surface area contributed by atoms with Crippen LogP contribution in [0.2, 0.25) is 0 Å². The van der Waals surface area contributed by atoms with Gasteiger partial charge in [-0.1, -0.05) is 5.92 Å². The van der Waals surface area contributed by atoms with Crippen molar-refractivity contribution in [2.45, 2.75) is 52.7 Å². The topological polar surface area (TPSA) is 124 Å². The summed E-state index contributed by atoms with van der Waals surface area (Å²) < 4.78 is 4.27. The van der Waals surface area contributed by atoms with Crippen molar-refractivity contribution in [2.75, 3.05) is 32.1 Å². The lowest BCUT2D eigenvalue weighted by Crippen LogP contribution is -2.44.